The summed E-state index contributed by atoms with van der Waals surface area (Å²) in [6.45, 7) is 4.39. The number of nitrogens with zero attached hydrogens (tertiary/aromatic N) is 1. The van der Waals surface area contributed by atoms with Gasteiger partial charge in [0.2, 0.25) is 65.0 Å². The minimum absolute atomic E-state index is 0.0128. The van der Waals surface area contributed by atoms with Gasteiger partial charge in [0.15, 0.2) is 0 Å². The summed E-state index contributed by atoms with van der Waals surface area (Å²) in [5.74, 6) is -18.4. The summed E-state index contributed by atoms with van der Waals surface area (Å²) in [6.07, 6.45) is -6.51. The number of carbonyl (C=O) groups is 14. The van der Waals surface area contributed by atoms with Gasteiger partial charge < -0.3 is 95.3 Å². The Morgan fingerprint density at radius 2 is 0.878 bits per heavy atom. The van der Waals surface area contributed by atoms with Crippen molar-refractivity contribution < 1.29 is 97.8 Å². The fourth-order valence-electron chi connectivity index (χ4n) is 9.46. The number of likely N-dealkylation sites (tertiary alicyclic amines) is 1. The van der Waals surface area contributed by atoms with Crippen LogP contribution in [0.3, 0.4) is 0 Å². The number of amides is 11. The molecule has 1 aliphatic heterocycles. The van der Waals surface area contributed by atoms with Gasteiger partial charge in [0.25, 0.3) is 0 Å². The highest BCUT2D eigenvalue weighted by atomic mass is 16.4. The third-order valence-electron chi connectivity index (χ3n) is 14.0. The normalized spacial score (nSPS) is 16.1. The largest absolute Gasteiger partial charge is 0.508 e. The van der Waals surface area contributed by atoms with Crippen LogP contribution in [-0.2, 0) is 86.4 Å². The molecule has 3 aromatic rings. The number of phenolic OH excluding ortho intramolecular Hbond substituents is 2. The molecular formula is C58H76N12O20. The molecule has 11 atom stereocenters. The van der Waals surface area contributed by atoms with Crippen LogP contribution in [0.2, 0.25) is 0 Å². The van der Waals surface area contributed by atoms with Crippen molar-refractivity contribution in [2.45, 2.75) is 152 Å². The lowest BCUT2D eigenvalue weighted by Crippen LogP contribution is -2.62. The Morgan fingerprint density at radius 1 is 0.489 bits per heavy atom. The van der Waals surface area contributed by atoms with Crippen molar-refractivity contribution in [3.05, 3.63) is 95.6 Å². The number of carboxylic acids is 3. The van der Waals surface area contributed by atoms with Crippen molar-refractivity contribution in [1.82, 2.24) is 47.4 Å². The number of aliphatic hydroxyl groups excluding tert-OH is 1. The molecule has 1 fully saturated rings. The van der Waals surface area contributed by atoms with E-state index < -0.39 is 187 Å². The van der Waals surface area contributed by atoms with Crippen molar-refractivity contribution in [3.63, 3.8) is 0 Å². The minimum atomic E-state index is -2.16. The first-order valence-corrected chi connectivity index (χ1v) is 28.3. The standard InChI is InChI=1S/C58H76N12O20/c1-28(2)20-36(62-53(84)41(27-47(78)79)67-55(86)43-10-7-19-70(43)57(88)35(59)21-31-11-15-33(72)16-12-31)49(80)64-38(24-44(60)74)51(82)63-37(22-30-8-5-4-6-9-30)50(81)66-40(26-46(76)77)52(83)65-39(25-45(61)75)54(85)69-48(29(3)71)56(87)68-42(58(89)90)23-32-13-17-34(73)18-14-32/h4-6,8-9,11-18,28-29,35-43,48,71-73H,7,10,19-27,59H2,1-3H3,(H2,60,74)(H2,61,75)(H,62,84)(H,63,82)(H,64,80)(H,65,83)(H,66,81)(H,67,86)(H,68,87)(H,69,85)(H,76,77)(H,78,79)(H,89,90)/t29-,35+,36+,37+,38+,39+,40+,41+,42+,43+,48+/m1/s1. The number of benzene rings is 3. The van der Waals surface area contributed by atoms with Gasteiger partial charge in [-0.15, -0.1) is 0 Å². The topological polar surface area (TPSA) is 538 Å². The zero-order valence-electron chi connectivity index (χ0n) is 49.3. The summed E-state index contributed by atoms with van der Waals surface area (Å²) in [7, 11) is 0. The van der Waals surface area contributed by atoms with Crippen LogP contribution in [0.15, 0.2) is 78.9 Å². The number of phenols is 2. The molecule has 3 aromatic carbocycles. The third-order valence-corrected chi connectivity index (χ3v) is 14.0. The molecule has 0 spiro atoms. The number of nitrogens with one attached hydrogen (secondary N) is 8. The van der Waals surface area contributed by atoms with E-state index in [0.29, 0.717) is 23.1 Å². The van der Waals surface area contributed by atoms with Crippen LogP contribution in [0.5, 0.6) is 11.5 Å². The lowest BCUT2D eigenvalue weighted by atomic mass is 10.0. The van der Waals surface area contributed by atoms with Crippen molar-refractivity contribution >= 4 is 82.9 Å². The Balaban J connectivity index is 1.55. The fraction of sp³-hybridized carbons (Fsp3) is 0.448. The van der Waals surface area contributed by atoms with E-state index in [0.717, 1.165) is 6.92 Å². The summed E-state index contributed by atoms with van der Waals surface area (Å²) in [4.78, 5) is 188. The van der Waals surface area contributed by atoms with Gasteiger partial charge in [0.05, 0.1) is 37.8 Å². The quantitative estimate of drug-likeness (QED) is 0.0264. The second-order valence-electron chi connectivity index (χ2n) is 21.9. The Kier molecular flexibility index (Phi) is 27.6. The molecule has 0 bridgehead atoms. The van der Waals surface area contributed by atoms with E-state index in [4.69, 9.17) is 17.2 Å². The molecular weight excluding hydrogens is 1180 g/mol. The van der Waals surface area contributed by atoms with Crippen LogP contribution in [0.25, 0.3) is 0 Å². The zero-order chi connectivity index (χ0) is 67.1. The Hall–Kier alpha value is -10.2. The predicted molar refractivity (Wildman–Crippen MR) is 313 cm³/mol. The monoisotopic (exact) mass is 1260 g/mol. The van der Waals surface area contributed by atoms with E-state index >= 15 is 0 Å². The lowest BCUT2D eigenvalue weighted by molar-refractivity contribution is -0.143. The first kappa shape index (κ1) is 72.2. The van der Waals surface area contributed by atoms with E-state index in [1.165, 1.54) is 53.4 Å². The first-order valence-electron chi connectivity index (χ1n) is 28.3. The Bertz CT molecular complexity index is 3090. The van der Waals surface area contributed by atoms with Gasteiger partial charge >= 0.3 is 17.9 Å². The molecule has 4 rings (SSSR count). The molecule has 0 radical (unpaired) electrons. The molecule has 1 aliphatic rings. The van der Waals surface area contributed by atoms with Crippen LogP contribution >= 0.6 is 0 Å². The van der Waals surface area contributed by atoms with Gasteiger partial charge in [0.1, 0.15) is 65.9 Å². The molecule has 32 nitrogen and oxygen atoms in total. The number of nitrogens with two attached hydrogens (primary N) is 3. The highest BCUT2D eigenvalue weighted by Gasteiger charge is 2.41. The van der Waals surface area contributed by atoms with Gasteiger partial charge in [-0.25, -0.2) is 4.79 Å². The second kappa shape index (κ2) is 34.3. The summed E-state index contributed by atoms with van der Waals surface area (Å²) < 4.78 is 0. The average molecular weight is 1260 g/mol. The predicted octanol–water partition coefficient (Wildman–Crippen LogP) is -4.47. The van der Waals surface area contributed by atoms with Crippen LogP contribution in [0.1, 0.15) is 82.4 Å². The maximum atomic E-state index is 14.3. The number of aliphatic hydroxyl groups is 1. The fourth-order valence-corrected chi connectivity index (χ4v) is 9.46. The number of rotatable bonds is 35. The molecule has 20 N–H and O–H groups in total. The average Bonchev–Trinajstić information content (AvgIpc) is 2.04. The second-order valence-corrected chi connectivity index (χ2v) is 21.9. The molecule has 1 saturated heterocycles. The molecule has 488 valence electrons. The van der Waals surface area contributed by atoms with Gasteiger partial charge in [-0.2, -0.15) is 0 Å². The van der Waals surface area contributed by atoms with E-state index in [1.54, 1.807) is 44.2 Å². The van der Waals surface area contributed by atoms with E-state index in [1.807, 2.05) is 0 Å². The third kappa shape index (κ3) is 23.5. The van der Waals surface area contributed by atoms with Crippen LogP contribution in [-0.4, -0.2) is 191 Å². The van der Waals surface area contributed by atoms with E-state index in [9.17, 15) is 97.8 Å². The van der Waals surface area contributed by atoms with Crippen LogP contribution in [0, 0.1) is 5.92 Å². The van der Waals surface area contributed by atoms with Crippen molar-refractivity contribution in [2.24, 2.45) is 23.1 Å². The summed E-state index contributed by atoms with van der Waals surface area (Å²) in [6, 6.07) is 1.47. The van der Waals surface area contributed by atoms with Crippen molar-refractivity contribution in [2.75, 3.05) is 6.54 Å². The number of aliphatic carboxylic acids is 3. The summed E-state index contributed by atoms with van der Waals surface area (Å²) in [5, 5.41) is 77.2. The number of aromatic hydroxyl groups is 2. The number of primary amides is 2. The molecule has 0 unspecified atom stereocenters. The van der Waals surface area contributed by atoms with Crippen LogP contribution in [0.4, 0.5) is 0 Å². The molecule has 0 saturated carbocycles. The summed E-state index contributed by atoms with van der Waals surface area (Å²) >= 11 is 0. The van der Waals surface area contributed by atoms with Gasteiger partial charge in [-0.1, -0.05) is 68.4 Å². The first-order chi connectivity index (χ1) is 42.3. The number of hydrogen-bond acceptors (Lipinski definition) is 18. The highest BCUT2D eigenvalue weighted by Crippen LogP contribution is 2.21. The van der Waals surface area contributed by atoms with E-state index in [-0.39, 0.29) is 43.7 Å². The Morgan fingerprint density at radius 3 is 1.33 bits per heavy atom. The maximum absolute atomic E-state index is 14.3. The van der Waals surface area contributed by atoms with Crippen molar-refractivity contribution in [1.29, 1.82) is 0 Å². The molecule has 32 heteroatoms. The minimum Gasteiger partial charge on any atom is -0.508 e. The maximum Gasteiger partial charge on any atom is 0.326 e. The van der Waals surface area contributed by atoms with Crippen molar-refractivity contribution in [3.8, 4) is 11.5 Å². The van der Waals surface area contributed by atoms with Gasteiger partial charge in [-0.05, 0) is 79.5 Å². The van der Waals surface area contributed by atoms with Gasteiger partial charge in [-0.3, -0.25) is 62.3 Å². The smallest absolute Gasteiger partial charge is 0.326 e. The molecule has 0 aliphatic carbocycles. The Labute approximate surface area is 514 Å². The SMILES string of the molecule is CC(C)C[C@H](NC(=O)[C@H](CC(=O)O)NC(=O)[C@@H]1CCCN1C(=O)[C@@H](N)Cc1ccc(O)cc1)C(=O)N[C@@H](CC(N)=O)C(=O)N[C@@H](Cc1ccccc1)C(=O)N[C@@H](CC(=O)O)C(=O)N[C@@H](CC(N)=O)C(=O)N[C@H](C(=O)N[C@@H](Cc1ccc(O)cc1)C(=O)O)[C@@H](C)O. The number of carboxylic acid groups (broad SMARTS) is 3. The summed E-state index contributed by atoms with van der Waals surface area (Å²) in [5.41, 5.74) is 18.4. The molecule has 1 heterocycles. The molecule has 0 aromatic heterocycles. The lowest BCUT2D eigenvalue weighted by Gasteiger charge is -2.29. The van der Waals surface area contributed by atoms with E-state index in [2.05, 4.69) is 42.5 Å². The zero-order valence-corrected chi connectivity index (χ0v) is 49.3. The van der Waals surface area contributed by atoms with Crippen LogP contribution < -0.4 is 59.7 Å². The molecule has 90 heavy (non-hydrogen) atoms. The number of hydrogen-bond donors (Lipinski definition) is 17. The molecule has 11 amide bonds. The highest BCUT2D eigenvalue weighted by molar-refractivity contribution is 6.01. The van der Waals surface area contributed by atoms with Gasteiger partial charge in [0, 0.05) is 19.4 Å². The number of carbonyl (C=O) groups excluding carboxylic acids is 11.